The molecule has 0 rings (SSSR count). The van der Waals surface area contributed by atoms with Crippen LogP contribution in [0.3, 0.4) is 0 Å². The van der Waals surface area contributed by atoms with E-state index in [1.807, 2.05) is 6.92 Å². The van der Waals surface area contributed by atoms with Gasteiger partial charge in [0.1, 0.15) is 6.61 Å². The highest BCUT2D eigenvalue weighted by atomic mass is 16.6. The highest BCUT2D eigenvalue weighted by molar-refractivity contribution is 5.65. The number of aliphatic hydroxyl groups is 1. The Labute approximate surface area is 73.5 Å². The maximum Gasteiger partial charge on any atom is 0.302 e. The third-order valence-corrected chi connectivity index (χ3v) is 0.881. The number of carbonyl (C=O) groups excluding carboxylic acids is 1. The predicted octanol–water partition coefficient (Wildman–Crippen LogP) is 0.585. The zero-order valence-corrected chi connectivity index (χ0v) is 8.00. The minimum atomic E-state index is -0.250. The van der Waals surface area contributed by atoms with Crippen molar-refractivity contribution in [1.82, 2.24) is 0 Å². The van der Waals surface area contributed by atoms with E-state index in [0.717, 1.165) is 20.1 Å². The average molecular weight is 178 g/mol. The Balaban J connectivity index is 0. The molecule has 0 saturated carbocycles. The van der Waals surface area contributed by atoms with Gasteiger partial charge in [-0.25, -0.2) is 0 Å². The lowest BCUT2D eigenvalue weighted by Crippen LogP contribution is -2.07. The predicted molar refractivity (Wildman–Crippen MR) is 45.9 cm³/mol. The summed E-state index contributed by atoms with van der Waals surface area (Å²) in [5.74, 6) is -0.250. The van der Waals surface area contributed by atoms with Crippen LogP contribution in [0, 0.1) is 0 Å². The van der Waals surface area contributed by atoms with E-state index in [4.69, 9.17) is 9.84 Å². The molecule has 0 fully saturated rings. The van der Waals surface area contributed by atoms with Crippen LogP contribution in [0.5, 0.6) is 0 Å². The van der Waals surface area contributed by atoms with E-state index >= 15 is 0 Å². The molecule has 0 radical (unpaired) electrons. The number of esters is 1. The largest absolute Gasteiger partial charge is 0.463 e. The molecule has 0 aromatic rings. The van der Waals surface area contributed by atoms with Crippen LogP contribution >= 0.6 is 0 Å². The van der Waals surface area contributed by atoms with Gasteiger partial charge >= 0.3 is 5.97 Å². The zero-order valence-electron chi connectivity index (χ0n) is 8.00. The molecule has 0 aliphatic heterocycles. The first-order valence-corrected chi connectivity index (χ1v) is 3.93. The van der Waals surface area contributed by atoms with Crippen molar-refractivity contribution in [3.05, 3.63) is 0 Å². The minimum absolute atomic E-state index is 0.250. The topological polar surface area (TPSA) is 55.8 Å². The van der Waals surface area contributed by atoms with E-state index < -0.39 is 0 Å². The molecule has 0 aliphatic carbocycles. The summed E-state index contributed by atoms with van der Waals surface area (Å²) in [4.78, 5) is 10.2. The smallest absolute Gasteiger partial charge is 0.302 e. The molecule has 0 amide bonds. The Hall–Kier alpha value is -0.610. The molecule has 0 saturated heterocycles. The molecule has 0 bridgehead atoms. The fourth-order valence-electron chi connectivity index (χ4n) is 0.491. The summed E-state index contributed by atoms with van der Waals surface area (Å²) in [5.41, 5.74) is 0. The SMILES string of the molecule is CCCOCCOC(C)=O.CO. The third kappa shape index (κ3) is 16.2. The highest BCUT2D eigenvalue weighted by Gasteiger charge is 1.90. The Bertz CT molecular complexity index is 93.1. The lowest BCUT2D eigenvalue weighted by Gasteiger charge is -2.01. The second-order valence-corrected chi connectivity index (χ2v) is 1.95. The average Bonchev–Trinajstić information content (AvgIpc) is 2.07. The molecule has 0 aliphatic rings. The molecule has 0 unspecified atom stereocenters. The van der Waals surface area contributed by atoms with E-state index in [1.54, 1.807) is 0 Å². The molecule has 4 nitrogen and oxygen atoms in total. The fraction of sp³-hybridized carbons (Fsp3) is 0.875. The van der Waals surface area contributed by atoms with Crippen LogP contribution in [0.25, 0.3) is 0 Å². The normalized spacial score (nSPS) is 8.33. The van der Waals surface area contributed by atoms with E-state index in [9.17, 15) is 4.79 Å². The van der Waals surface area contributed by atoms with Gasteiger partial charge in [-0.3, -0.25) is 4.79 Å². The Morgan fingerprint density at radius 3 is 2.25 bits per heavy atom. The van der Waals surface area contributed by atoms with Gasteiger partial charge in [0.2, 0.25) is 0 Å². The quantitative estimate of drug-likeness (QED) is 0.494. The molecule has 0 spiro atoms. The van der Waals surface area contributed by atoms with Gasteiger partial charge in [-0.2, -0.15) is 0 Å². The van der Waals surface area contributed by atoms with Crippen molar-refractivity contribution in [2.45, 2.75) is 20.3 Å². The molecule has 0 aromatic heterocycles. The maximum absolute atomic E-state index is 10.2. The first-order valence-electron chi connectivity index (χ1n) is 3.93. The summed E-state index contributed by atoms with van der Waals surface area (Å²) in [6.45, 7) is 5.04. The van der Waals surface area contributed by atoms with Crippen molar-refractivity contribution in [3.8, 4) is 0 Å². The molecular formula is C8H18O4. The maximum atomic E-state index is 10.2. The number of hydrogen-bond donors (Lipinski definition) is 1. The molecule has 4 heteroatoms. The van der Waals surface area contributed by atoms with E-state index in [2.05, 4.69) is 4.74 Å². The summed E-state index contributed by atoms with van der Waals surface area (Å²) in [7, 11) is 1.00. The van der Waals surface area contributed by atoms with Gasteiger partial charge in [0.15, 0.2) is 0 Å². The second kappa shape index (κ2) is 13.0. The number of rotatable bonds is 5. The summed E-state index contributed by atoms with van der Waals surface area (Å²) >= 11 is 0. The summed E-state index contributed by atoms with van der Waals surface area (Å²) in [6, 6.07) is 0. The third-order valence-electron chi connectivity index (χ3n) is 0.881. The minimum Gasteiger partial charge on any atom is -0.463 e. The lowest BCUT2D eigenvalue weighted by atomic mass is 10.5. The van der Waals surface area contributed by atoms with Crippen LogP contribution in [-0.4, -0.2) is 38.0 Å². The van der Waals surface area contributed by atoms with Crippen LogP contribution in [0.1, 0.15) is 20.3 Å². The monoisotopic (exact) mass is 178 g/mol. The highest BCUT2D eigenvalue weighted by Crippen LogP contribution is 1.81. The van der Waals surface area contributed by atoms with E-state index in [1.165, 1.54) is 6.92 Å². The summed E-state index contributed by atoms with van der Waals surface area (Å²) in [6.07, 6.45) is 1.00. The van der Waals surface area contributed by atoms with Crippen LogP contribution < -0.4 is 0 Å². The number of ether oxygens (including phenoxy) is 2. The summed E-state index contributed by atoms with van der Waals surface area (Å²) in [5, 5.41) is 7.00. The number of carbonyl (C=O) groups is 1. The zero-order chi connectivity index (χ0) is 9.82. The van der Waals surface area contributed by atoms with Crippen LogP contribution in [0.15, 0.2) is 0 Å². The first kappa shape index (κ1) is 13.9. The summed E-state index contributed by atoms with van der Waals surface area (Å²) < 4.78 is 9.68. The Kier molecular flexibility index (Phi) is 15.1. The number of hydrogen-bond acceptors (Lipinski definition) is 4. The standard InChI is InChI=1S/C7H14O3.CH4O/c1-3-4-9-5-6-10-7(2)8;1-2/h3-6H2,1-2H3;2H,1H3. The van der Waals surface area contributed by atoms with Crippen LogP contribution in [0.4, 0.5) is 0 Å². The van der Waals surface area contributed by atoms with Gasteiger partial charge in [-0.1, -0.05) is 6.92 Å². The van der Waals surface area contributed by atoms with Gasteiger partial charge in [-0.05, 0) is 6.42 Å². The molecule has 74 valence electrons. The molecule has 0 atom stereocenters. The van der Waals surface area contributed by atoms with Crippen molar-refractivity contribution in [2.24, 2.45) is 0 Å². The van der Waals surface area contributed by atoms with Gasteiger partial charge in [0.05, 0.1) is 6.61 Å². The molecule has 1 N–H and O–H groups in total. The molecular weight excluding hydrogens is 160 g/mol. The van der Waals surface area contributed by atoms with Gasteiger partial charge in [-0.15, -0.1) is 0 Å². The van der Waals surface area contributed by atoms with E-state index in [0.29, 0.717) is 13.2 Å². The van der Waals surface area contributed by atoms with Crippen molar-refractivity contribution >= 4 is 5.97 Å². The van der Waals surface area contributed by atoms with Gasteiger partial charge in [0, 0.05) is 20.6 Å². The van der Waals surface area contributed by atoms with Crippen molar-refractivity contribution in [1.29, 1.82) is 0 Å². The molecule has 0 aromatic carbocycles. The van der Waals surface area contributed by atoms with Crippen LogP contribution in [0.2, 0.25) is 0 Å². The number of aliphatic hydroxyl groups excluding tert-OH is 1. The molecule has 0 heterocycles. The first-order chi connectivity index (χ1) is 5.77. The molecule has 12 heavy (non-hydrogen) atoms. The van der Waals surface area contributed by atoms with Gasteiger partial charge in [0.25, 0.3) is 0 Å². The van der Waals surface area contributed by atoms with Crippen LogP contribution in [-0.2, 0) is 14.3 Å². The van der Waals surface area contributed by atoms with Crippen molar-refractivity contribution in [3.63, 3.8) is 0 Å². The van der Waals surface area contributed by atoms with Crippen molar-refractivity contribution in [2.75, 3.05) is 26.9 Å². The van der Waals surface area contributed by atoms with Gasteiger partial charge < -0.3 is 14.6 Å². The Morgan fingerprint density at radius 2 is 1.83 bits per heavy atom. The van der Waals surface area contributed by atoms with Crippen molar-refractivity contribution < 1.29 is 19.4 Å². The lowest BCUT2D eigenvalue weighted by molar-refractivity contribution is -0.142. The second-order valence-electron chi connectivity index (χ2n) is 1.95. The fourth-order valence-corrected chi connectivity index (χ4v) is 0.491. The van der Waals surface area contributed by atoms with E-state index in [-0.39, 0.29) is 5.97 Å². The Morgan fingerprint density at radius 1 is 1.25 bits per heavy atom.